The molecule has 0 saturated carbocycles. The summed E-state index contributed by atoms with van der Waals surface area (Å²) in [4.78, 5) is 38.7. The van der Waals surface area contributed by atoms with Gasteiger partial charge in [-0.3, -0.25) is 19.3 Å². The normalized spacial score (nSPS) is 11.0. The lowest BCUT2D eigenvalue weighted by molar-refractivity contribution is -0.146. The van der Waals surface area contributed by atoms with Gasteiger partial charge in [-0.05, 0) is 17.5 Å². The number of hydrogen-bond acceptors (Lipinski definition) is 8. The third-order valence-corrected chi connectivity index (χ3v) is 4.99. The number of esters is 2. The zero-order chi connectivity index (χ0) is 20.1. The van der Waals surface area contributed by atoms with Gasteiger partial charge < -0.3 is 9.47 Å². The van der Waals surface area contributed by atoms with Crippen molar-refractivity contribution in [2.45, 2.75) is 6.67 Å². The summed E-state index contributed by atoms with van der Waals surface area (Å²) in [6.07, 6.45) is 0. The molecule has 9 heteroatoms. The highest BCUT2D eigenvalue weighted by Crippen LogP contribution is 2.28. The summed E-state index contributed by atoms with van der Waals surface area (Å²) in [5, 5.41) is 7.71. The molecule has 2 aromatic heterocycles. The van der Waals surface area contributed by atoms with Gasteiger partial charge >= 0.3 is 11.9 Å². The van der Waals surface area contributed by atoms with Crippen LogP contribution in [0.15, 0.2) is 46.6 Å². The van der Waals surface area contributed by atoms with Crippen molar-refractivity contribution in [1.82, 2.24) is 14.7 Å². The van der Waals surface area contributed by atoms with Crippen molar-refractivity contribution in [2.75, 3.05) is 27.3 Å². The van der Waals surface area contributed by atoms with Crippen LogP contribution < -0.4 is 5.56 Å². The van der Waals surface area contributed by atoms with E-state index in [9.17, 15) is 14.4 Å². The van der Waals surface area contributed by atoms with Crippen LogP contribution in [-0.2, 0) is 25.7 Å². The first-order valence-electron chi connectivity index (χ1n) is 8.43. The molecule has 2 heterocycles. The summed E-state index contributed by atoms with van der Waals surface area (Å²) < 4.78 is 10.6. The van der Waals surface area contributed by atoms with Gasteiger partial charge in [-0.2, -0.15) is 5.10 Å². The molecule has 0 aliphatic heterocycles. The summed E-state index contributed by atoms with van der Waals surface area (Å²) >= 11 is 1.51. The molecule has 0 bridgehead atoms. The van der Waals surface area contributed by atoms with Crippen molar-refractivity contribution in [1.29, 1.82) is 0 Å². The maximum absolute atomic E-state index is 12.9. The number of ether oxygens (including phenoxy) is 2. The van der Waals surface area contributed by atoms with E-state index in [2.05, 4.69) is 14.6 Å². The quantitative estimate of drug-likeness (QED) is 0.557. The summed E-state index contributed by atoms with van der Waals surface area (Å²) in [7, 11) is 2.52. The van der Waals surface area contributed by atoms with Crippen molar-refractivity contribution in [3.63, 3.8) is 0 Å². The summed E-state index contributed by atoms with van der Waals surface area (Å²) in [6.45, 7) is -0.423. The van der Waals surface area contributed by atoms with Gasteiger partial charge in [0.15, 0.2) is 0 Å². The highest BCUT2D eigenvalue weighted by molar-refractivity contribution is 7.13. The fraction of sp³-hybridized carbons (Fsp3) is 0.263. The molecule has 3 aromatic rings. The molecule has 0 unspecified atom stereocenters. The average Bonchev–Trinajstić information content (AvgIpc) is 3.24. The second kappa shape index (κ2) is 8.77. The van der Waals surface area contributed by atoms with Crippen LogP contribution >= 0.6 is 11.3 Å². The molecular weight excluding hydrogens is 382 g/mol. The third kappa shape index (κ3) is 4.26. The van der Waals surface area contributed by atoms with Gasteiger partial charge in [-0.25, -0.2) is 4.68 Å². The van der Waals surface area contributed by atoms with Gasteiger partial charge in [0.2, 0.25) is 0 Å². The van der Waals surface area contributed by atoms with Crippen molar-refractivity contribution >= 4 is 34.0 Å². The number of fused-ring (bicyclic) bond motifs is 1. The van der Waals surface area contributed by atoms with E-state index in [-0.39, 0.29) is 25.3 Å². The molecule has 0 spiro atoms. The van der Waals surface area contributed by atoms with Crippen LogP contribution in [-0.4, -0.2) is 53.9 Å². The van der Waals surface area contributed by atoms with E-state index in [1.165, 1.54) is 35.1 Å². The van der Waals surface area contributed by atoms with E-state index in [0.717, 1.165) is 10.3 Å². The van der Waals surface area contributed by atoms with E-state index >= 15 is 0 Å². The Bertz CT molecular complexity index is 1030. The highest BCUT2D eigenvalue weighted by Gasteiger charge is 2.19. The molecule has 1 aromatic carbocycles. The lowest BCUT2D eigenvalue weighted by Crippen LogP contribution is -2.40. The third-order valence-electron chi connectivity index (χ3n) is 4.12. The zero-order valence-electron chi connectivity index (χ0n) is 15.5. The molecule has 146 valence electrons. The topological polar surface area (TPSA) is 90.7 Å². The van der Waals surface area contributed by atoms with Crippen LogP contribution in [0.25, 0.3) is 21.3 Å². The first kappa shape index (κ1) is 19.7. The number of carbonyl (C=O) groups is 2. The minimum Gasteiger partial charge on any atom is -0.468 e. The standard InChI is InChI=1S/C19H19N3O5S/c1-26-16(23)10-21(11-17(24)27-2)12-22-19(25)14-7-4-3-6-13(14)18(20-22)15-8-5-9-28-15/h3-9H,10-12H2,1-2H3. The number of hydrogen-bond donors (Lipinski definition) is 0. The van der Waals surface area contributed by atoms with Crippen molar-refractivity contribution in [2.24, 2.45) is 0 Å². The van der Waals surface area contributed by atoms with Crippen molar-refractivity contribution in [3.05, 3.63) is 52.1 Å². The van der Waals surface area contributed by atoms with Crippen LogP contribution in [0, 0.1) is 0 Å². The Morgan fingerprint density at radius 3 is 2.25 bits per heavy atom. The maximum Gasteiger partial charge on any atom is 0.319 e. The molecule has 0 radical (unpaired) electrons. The van der Waals surface area contributed by atoms with Crippen LogP contribution in [0.4, 0.5) is 0 Å². The average molecular weight is 401 g/mol. The number of aromatic nitrogens is 2. The lowest BCUT2D eigenvalue weighted by atomic mass is 10.1. The van der Waals surface area contributed by atoms with E-state index in [4.69, 9.17) is 0 Å². The predicted octanol–water partition coefficient (Wildman–Crippen LogP) is 1.73. The Balaban J connectivity index is 2.05. The molecule has 28 heavy (non-hydrogen) atoms. The van der Waals surface area contributed by atoms with Gasteiger partial charge in [0.05, 0.1) is 44.2 Å². The monoisotopic (exact) mass is 401 g/mol. The Morgan fingerprint density at radius 2 is 1.68 bits per heavy atom. The van der Waals surface area contributed by atoms with Crippen molar-refractivity contribution < 1.29 is 19.1 Å². The molecule has 0 aliphatic carbocycles. The SMILES string of the molecule is COC(=O)CN(CC(=O)OC)Cn1nc(-c2cccs2)c2ccccc2c1=O. The van der Waals surface area contributed by atoms with Crippen LogP contribution in [0.5, 0.6) is 0 Å². The zero-order valence-corrected chi connectivity index (χ0v) is 16.3. The van der Waals surface area contributed by atoms with Crippen LogP contribution in [0.3, 0.4) is 0 Å². The molecule has 3 rings (SSSR count). The lowest BCUT2D eigenvalue weighted by Gasteiger charge is -2.20. The minimum atomic E-state index is -0.531. The highest BCUT2D eigenvalue weighted by atomic mass is 32.1. The second-order valence-corrected chi connectivity index (χ2v) is 6.90. The van der Waals surface area contributed by atoms with E-state index in [0.29, 0.717) is 11.1 Å². The molecule has 0 amide bonds. The number of nitrogens with zero attached hydrogens (tertiary/aromatic N) is 3. The van der Waals surface area contributed by atoms with Gasteiger partial charge in [-0.1, -0.05) is 24.3 Å². The van der Waals surface area contributed by atoms with Gasteiger partial charge in [0.25, 0.3) is 5.56 Å². The fourth-order valence-corrected chi connectivity index (χ4v) is 3.49. The summed E-state index contributed by atoms with van der Waals surface area (Å²) in [6, 6.07) is 11.1. The predicted molar refractivity (Wildman–Crippen MR) is 105 cm³/mol. The Kier molecular flexibility index (Phi) is 6.17. The summed E-state index contributed by atoms with van der Waals surface area (Å²) in [5.41, 5.74) is 0.358. The Labute approximate surface area is 164 Å². The van der Waals surface area contributed by atoms with Gasteiger partial charge in [0.1, 0.15) is 5.69 Å². The van der Waals surface area contributed by atoms with Crippen LogP contribution in [0.1, 0.15) is 0 Å². The van der Waals surface area contributed by atoms with Crippen molar-refractivity contribution in [3.8, 4) is 10.6 Å². The second-order valence-electron chi connectivity index (χ2n) is 5.96. The maximum atomic E-state index is 12.9. The fourth-order valence-electron chi connectivity index (χ4n) is 2.77. The smallest absolute Gasteiger partial charge is 0.319 e. The Morgan fingerprint density at radius 1 is 1.04 bits per heavy atom. The number of thiophene rings is 1. The molecule has 8 nitrogen and oxygen atoms in total. The number of methoxy groups -OCH3 is 2. The van der Waals surface area contributed by atoms with E-state index in [1.54, 1.807) is 12.1 Å². The molecule has 0 saturated heterocycles. The van der Waals surface area contributed by atoms with Crippen LogP contribution in [0.2, 0.25) is 0 Å². The first-order valence-corrected chi connectivity index (χ1v) is 9.31. The first-order chi connectivity index (χ1) is 13.5. The molecular formula is C19H19N3O5S. The van der Waals surface area contributed by atoms with Gasteiger partial charge in [-0.15, -0.1) is 11.3 Å². The number of rotatable bonds is 7. The minimum absolute atomic E-state index is 0.0633. The van der Waals surface area contributed by atoms with E-state index in [1.807, 2.05) is 29.6 Å². The molecule has 0 N–H and O–H groups in total. The van der Waals surface area contributed by atoms with E-state index < -0.39 is 11.9 Å². The largest absolute Gasteiger partial charge is 0.468 e. The number of carbonyl (C=O) groups excluding carboxylic acids is 2. The molecule has 0 fully saturated rings. The van der Waals surface area contributed by atoms with Gasteiger partial charge in [0, 0.05) is 5.39 Å². The number of benzene rings is 1. The Hall–Kier alpha value is -3.04. The molecule has 0 aliphatic rings. The molecule has 0 atom stereocenters. The summed E-state index contributed by atoms with van der Waals surface area (Å²) in [5.74, 6) is -1.06.